The molecule has 1 aromatic heterocycles. The minimum absolute atomic E-state index is 0.185. The Bertz CT molecular complexity index is 470. The summed E-state index contributed by atoms with van der Waals surface area (Å²) in [7, 11) is 0. The van der Waals surface area contributed by atoms with Crippen molar-refractivity contribution in [3.8, 4) is 0 Å². The zero-order valence-electron chi connectivity index (χ0n) is 9.10. The normalized spacial score (nSPS) is 19.5. The number of aromatic nitrogens is 1. The predicted octanol–water partition coefficient (Wildman–Crippen LogP) is 2.02. The van der Waals surface area contributed by atoms with E-state index in [1.54, 1.807) is 18.3 Å². The molecule has 0 radical (unpaired) electrons. The average Bonchev–Trinajstić information content (AvgIpc) is 2.70. The molecule has 1 fully saturated rings. The molecule has 88 valence electrons. The van der Waals surface area contributed by atoms with Crippen molar-refractivity contribution in [2.24, 2.45) is 5.92 Å². The largest absolute Gasteiger partial charge is 0.319 e. The van der Waals surface area contributed by atoms with Gasteiger partial charge >= 0.3 is 0 Å². The molecule has 0 spiro atoms. The molecule has 0 saturated carbocycles. The summed E-state index contributed by atoms with van der Waals surface area (Å²) in [5.74, 6) is -1.01. The van der Waals surface area contributed by atoms with Gasteiger partial charge in [-0.15, -0.1) is 0 Å². The first-order valence-electron chi connectivity index (χ1n) is 5.22. The Labute approximate surface area is 107 Å². The molecule has 1 amide bonds. The quantitative estimate of drug-likeness (QED) is 0.633. The lowest BCUT2D eigenvalue weighted by atomic mass is 10.00. The van der Waals surface area contributed by atoms with Crippen molar-refractivity contribution in [3.63, 3.8) is 0 Å². The van der Waals surface area contributed by atoms with E-state index in [2.05, 4.69) is 27.5 Å². The summed E-state index contributed by atoms with van der Waals surface area (Å²) < 4.78 is 0.805. The smallest absolute Gasteiger partial charge is 0.237 e. The fraction of sp³-hybridized carbons (Fsp3) is 0.250. The lowest BCUT2D eigenvalue weighted by Gasteiger charge is -2.09. The molecular weight excluding hydrogens is 284 g/mol. The van der Waals surface area contributed by atoms with Crippen molar-refractivity contribution < 1.29 is 9.59 Å². The Balaban J connectivity index is 2.19. The highest BCUT2D eigenvalue weighted by Crippen LogP contribution is 2.22. The third-order valence-electron chi connectivity index (χ3n) is 2.76. The summed E-state index contributed by atoms with van der Waals surface area (Å²) in [4.78, 5) is 29.4. The van der Waals surface area contributed by atoms with Crippen LogP contribution in [0.25, 0.3) is 0 Å². The van der Waals surface area contributed by atoms with Gasteiger partial charge in [0.15, 0.2) is 5.78 Å². The maximum absolute atomic E-state index is 12.1. The Kier molecular flexibility index (Phi) is 3.38. The molecule has 1 aliphatic rings. The van der Waals surface area contributed by atoms with Gasteiger partial charge in [-0.1, -0.05) is 6.58 Å². The highest BCUT2D eigenvalue weighted by Gasteiger charge is 2.36. The van der Waals surface area contributed by atoms with E-state index in [-0.39, 0.29) is 11.7 Å². The van der Waals surface area contributed by atoms with Crippen LogP contribution in [0.2, 0.25) is 0 Å². The molecule has 5 heteroatoms. The number of hydrogen-bond acceptors (Lipinski definition) is 3. The van der Waals surface area contributed by atoms with E-state index < -0.39 is 5.92 Å². The van der Waals surface area contributed by atoms with Crippen LogP contribution in [0.5, 0.6) is 0 Å². The second kappa shape index (κ2) is 4.79. The molecule has 0 N–H and O–H groups in total. The number of pyridine rings is 1. The summed E-state index contributed by atoms with van der Waals surface area (Å²) in [6.07, 6.45) is 3.55. The van der Waals surface area contributed by atoms with Gasteiger partial charge in [0.05, 0.1) is 0 Å². The second-order valence-electron chi connectivity index (χ2n) is 3.78. The van der Waals surface area contributed by atoms with Crippen molar-refractivity contribution in [1.82, 2.24) is 9.88 Å². The number of carbonyl (C=O) groups excluding carboxylic acids is 2. The van der Waals surface area contributed by atoms with Crippen LogP contribution < -0.4 is 0 Å². The minimum atomic E-state index is -0.610. The molecule has 0 aromatic carbocycles. The van der Waals surface area contributed by atoms with E-state index in [1.165, 1.54) is 11.1 Å². The van der Waals surface area contributed by atoms with Crippen molar-refractivity contribution in [2.75, 3.05) is 6.54 Å². The predicted molar refractivity (Wildman–Crippen MR) is 66.3 cm³/mol. The lowest BCUT2D eigenvalue weighted by molar-refractivity contribution is -0.127. The molecule has 0 aliphatic carbocycles. The van der Waals surface area contributed by atoms with E-state index >= 15 is 0 Å². The molecule has 2 rings (SSSR count). The Morgan fingerprint density at radius 2 is 2.35 bits per heavy atom. The van der Waals surface area contributed by atoms with Crippen LogP contribution in [-0.2, 0) is 4.79 Å². The van der Waals surface area contributed by atoms with Crippen LogP contribution in [0.3, 0.4) is 0 Å². The Hall–Kier alpha value is -1.49. The number of rotatable bonds is 3. The lowest BCUT2D eigenvalue weighted by Crippen LogP contribution is -2.26. The standard InChI is InChI=1S/C12H11BrN2O2/c1-2-15-6-5-9(12(15)17)11(16)10-4-3-8(13)7-14-10/h2-4,7,9H,1,5-6H2. The fourth-order valence-corrected chi connectivity index (χ4v) is 2.06. The number of halogens is 1. The van der Waals surface area contributed by atoms with E-state index in [0.717, 1.165) is 4.47 Å². The summed E-state index contributed by atoms with van der Waals surface area (Å²) in [5, 5.41) is 0. The highest BCUT2D eigenvalue weighted by atomic mass is 79.9. The molecule has 1 aliphatic heterocycles. The van der Waals surface area contributed by atoms with Crippen LogP contribution in [0.1, 0.15) is 16.9 Å². The maximum atomic E-state index is 12.1. The van der Waals surface area contributed by atoms with Crippen molar-refractivity contribution >= 4 is 27.6 Å². The monoisotopic (exact) mass is 294 g/mol. The fourth-order valence-electron chi connectivity index (χ4n) is 1.83. The topological polar surface area (TPSA) is 50.3 Å². The van der Waals surface area contributed by atoms with Gasteiger partial charge in [0, 0.05) is 17.2 Å². The van der Waals surface area contributed by atoms with Gasteiger partial charge in [0.25, 0.3) is 0 Å². The first-order valence-corrected chi connectivity index (χ1v) is 6.01. The molecule has 1 unspecified atom stereocenters. The third kappa shape index (κ3) is 2.29. The van der Waals surface area contributed by atoms with Crippen molar-refractivity contribution in [1.29, 1.82) is 0 Å². The molecule has 1 atom stereocenters. The van der Waals surface area contributed by atoms with Crippen LogP contribution >= 0.6 is 15.9 Å². The van der Waals surface area contributed by atoms with E-state index in [9.17, 15) is 9.59 Å². The number of hydrogen-bond donors (Lipinski definition) is 0. The first-order chi connectivity index (χ1) is 8.13. The van der Waals surface area contributed by atoms with E-state index in [0.29, 0.717) is 18.7 Å². The maximum Gasteiger partial charge on any atom is 0.237 e. The molecule has 2 heterocycles. The van der Waals surface area contributed by atoms with Gasteiger partial charge in [-0.25, -0.2) is 0 Å². The number of Topliss-reactive ketones (excluding diaryl/α,β-unsaturated/α-hetero) is 1. The molecule has 17 heavy (non-hydrogen) atoms. The minimum Gasteiger partial charge on any atom is -0.319 e. The molecule has 4 nitrogen and oxygen atoms in total. The molecule has 1 aromatic rings. The Morgan fingerprint density at radius 3 is 2.88 bits per heavy atom. The molecule has 1 saturated heterocycles. The van der Waals surface area contributed by atoms with Crippen LogP contribution in [0, 0.1) is 5.92 Å². The average molecular weight is 295 g/mol. The summed E-state index contributed by atoms with van der Waals surface area (Å²) in [6.45, 7) is 4.09. The van der Waals surface area contributed by atoms with Gasteiger partial charge in [0.2, 0.25) is 5.91 Å². The summed E-state index contributed by atoms with van der Waals surface area (Å²) in [5.41, 5.74) is 0.331. The first kappa shape index (κ1) is 12.0. The van der Waals surface area contributed by atoms with Crippen LogP contribution in [0.4, 0.5) is 0 Å². The number of likely N-dealkylation sites (tertiary alicyclic amines) is 1. The summed E-state index contributed by atoms with van der Waals surface area (Å²) >= 11 is 3.25. The van der Waals surface area contributed by atoms with Gasteiger partial charge in [0.1, 0.15) is 11.6 Å². The van der Waals surface area contributed by atoms with Crippen molar-refractivity contribution in [3.05, 3.63) is 41.3 Å². The second-order valence-corrected chi connectivity index (χ2v) is 4.70. The number of amides is 1. The van der Waals surface area contributed by atoms with Crippen LogP contribution in [0.15, 0.2) is 35.6 Å². The highest BCUT2D eigenvalue weighted by molar-refractivity contribution is 9.10. The van der Waals surface area contributed by atoms with Crippen LogP contribution in [-0.4, -0.2) is 28.1 Å². The summed E-state index contributed by atoms with van der Waals surface area (Å²) in [6, 6.07) is 3.36. The number of nitrogens with zero attached hydrogens (tertiary/aromatic N) is 2. The van der Waals surface area contributed by atoms with Gasteiger partial charge < -0.3 is 4.90 Å². The third-order valence-corrected chi connectivity index (χ3v) is 3.23. The zero-order valence-corrected chi connectivity index (χ0v) is 10.7. The zero-order chi connectivity index (χ0) is 12.4. The number of ketones is 1. The van der Waals surface area contributed by atoms with E-state index in [4.69, 9.17) is 0 Å². The number of carbonyl (C=O) groups is 2. The Morgan fingerprint density at radius 1 is 1.59 bits per heavy atom. The van der Waals surface area contributed by atoms with Crippen molar-refractivity contribution in [2.45, 2.75) is 6.42 Å². The van der Waals surface area contributed by atoms with Gasteiger partial charge in [-0.3, -0.25) is 14.6 Å². The van der Waals surface area contributed by atoms with Gasteiger partial charge in [-0.2, -0.15) is 0 Å². The molecular formula is C12H11BrN2O2. The SMILES string of the molecule is C=CN1CCC(C(=O)c2ccc(Br)cn2)C1=O. The molecule has 0 bridgehead atoms. The van der Waals surface area contributed by atoms with E-state index in [1.807, 2.05) is 0 Å². The van der Waals surface area contributed by atoms with Gasteiger partial charge in [-0.05, 0) is 40.7 Å².